The molecular formula is C23H21F4N5O3S. The average Bonchev–Trinajstić information content (AvgIpc) is 3.32. The van der Waals surface area contributed by atoms with Crippen molar-refractivity contribution in [2.75, 3.05) is 29.9 Å². The van der Waals surface area contributed by atoms with Crippen molar-refractivity contribution in [1.29, 1.82) is 0 Å². The summed E-state index contributed by atoms with van der Waals surface area (Å²) < 4.78 is 57.6. The van der Waals surface area contributed by atoms with Crippen molar-refractivity contribution >= 4 is 34.2 Å². The van der Waals surface area contributed by atoms with Crippen molar-refractivity contribution in [3.8, 4) is 11.3 Å². The van der Waals surface area contributed by atoms with Crippen LogP contribution in [0, 0.1) is 11.7 Å². The van der Waals surface area contributed by atoms with Gasteiger partial charge in [0.1, 0.15) is 17.3 Å². The van der Waals surface area contributed by atoms with E-state index < -0.39 is 23.5 Å². The number of carbonyl (C=O) groups is 2. The summed E-state index contributed by atoms with van der Waals surface area (Å²) in [5.41, 5.74) is -1.14. The fraction of sp³-hybridized carbons (Fsp3) is 0.348. The van der Waals surface area contributed by atoms with Crippen LogP contribution < -0.4 is 10.2 Å². The number of carbonyl (C=O) groups excluding carboxylic acids is 2. The number of nitrogens with one attached hydrogen (secondary N) is 1. The quantitative estimate of drug-likeness (QED) is 0.367. The Kier molecular flexibility index (Phi) is 7.48. The summed E-state index contributed by atoms with van der Waals surface area (Å²) >= 11 is 1.00. The Morgan fingerprint density at radius 3 is 2.58 bits per heavy atom. The molecule has 1 aromatic carbocycles. The number of thiazole rings is 1. The minimum Gasteiger partial charge on any atom is -0.466 e. The van der Waals surface area contributed by atoms with E-state index in [4.69, 9.17) is 4.74 Å². The van der Waals surface area contributed by atoms with Gasteiger partial charge in [0.2, 0.25) is 0 Å². The van der Waals surface area contributed by atoms with Gasteiger partial charge in [-0.05, 0) is 38.0 Å². The molecule has 0 unspecified atom stereocenters. The van der Waals surface area contributed by atoms with E-state index in [0.29, 0.717) is 44.4 Å². The number of hydrogen-bond donors (Lipinski definition) is 1. The monoisotopic (exact) mass is 523 g/mol. The normalized spacial score (nSPS) is 14.5. The predicted molar refractivity (Wildman–Crippen MR) is 124 cm³/mol. The number of halogens is 4. The van der Waals surface area contributed by atoms with Crippen LogP contribution in [-0.4, -0.2) is 46.5 Å². The highest BCUT2D eigenvalue weighted by molar-refractivity contribution is 7.14. The van der Waals surface area contributed by atoms with Gasteiger partial charge in [-0.3, -0.25) is 14.9 Å². The number of nitrogens with zero attached hydrogens (tertiary/aromatic N) is 4. The summed E-state index contributed by atoms with van der Waals surface area (Å²) in [7, 11) is 0. The van der Waals surface area contributed by atoms with Crippen LogP contribution in [0.2, 0.25) is 0 Å². The third kappa shape index (κ3) is 5.78. The Bertz CT molecular complexity index is 1240. The highest BCUT2D eigenvalue weighted by atomic mass is 32.1. The molecule has 1 aliphatic heterocycles. The molecular weight excluding hydrogens is 502 g/mol. The Balaban J connectivity index is 1.37. The summed E-state index contributed by atoms with van der Waals surface area (Å²) in [5, 5.41) is 4.13. The van der Waals surface area contributed by atoms with Gasteiger partial charge in [0.05, 0.1) is 36.2 Å². The smallest absolute Gasteiger partial charge is 0.419 e. The fourth-order valence-electron chi connectivity index (χ4n) is 3.73. The second-order valence-electron chi connectivity index (χ2n) is 7.96. The maximum atomic E-state index is 13.5. The molecule has 0 bridgehead atoms. The van der Waals surface area contributed by atoms with Gasteiger partial charge >= 0.3 is 12.1 Å². The topological polar surface area (TPSA) is 97.3 Å². The van der Waals surface area contributed by atoms with Gasteiger partial charge in [-0.15, -0.1) is 11.3 Å². The molecule has 1 saturated heterocycles. The molecule has 8 nitrogen and oxygen atoms in total. The van der Waals surface area contributed by atoms with Gasteiger partial charge in [0.15, 0.2) is 5.13 Å². The minimum absolute atomic E-state index is 0.0260. The Hall–Kier alpha value is -3.61. The lowest BCUT2D eigenvalue weighted by molar-refractivity contribution is -0.148. The molecule has 3 aromatic rings. The summed E-state index contributed by atoms with van der Waals surface area (Å²) in [4.78, 5) is 39.0. The third-order valence-electron chi connectivity index (χ3n) is 5.60. The van der Waals surface area contributed by atoms with E-state index >= 15 is 0 Å². The number of ether oxygens (including phenoxy) is 1. The summed E-state index contributed by atoms with van der Waals surface area (Å²) in [6.45, 7) is 3.32. The van der Waals surface area contributed by atoms with Crippen molar-refractivity contribution in [1.82, 2.24) is 15.0 Å². The van der Waals surface area contributed by atoms with Gasteiger partial charge in [-0.2, -0.15) is 13.2 Å². The number of alkyl halides is 3. The van der Waals surface area contributed by atoms with E-state index in [2.05, 4.69) is 20.3 Å². The van der Waals surface area contributed by atoms with Crippen molar-refractivity contribution in [3.05, 3.63) is 53.0 Å². The Labute approximate surface area is 207 Å². The number of benzene rings is 1. The van der Waals surface area contributed by atoms with Gasteiger partial charge in [-0.25, -0.2) is 19.3 Å². The predicted octanol–water partition coefficient (Wildman–Crippen LogP) is 4.79. The summed E-state index contributed by atoms with van der Waals surface area (Å²) in [6, 6.07) is 2.59. The van der Waals surface area contributed by atoms with Crippen LogP contribution in [0.15, 0.2) is 36.0 Å². The van der Waals surface area contributed by atoms with Crippen molar-refractivity contribution in [3.63, 3.8) is 0 Å². The molecule has 36 heavy (non-hydrogen) atoms. The molecule has 1 N–H and O–H groups in total. The zero-order valence-corrected chi connectivity index (χ0v) is 19.8. The highest BCUT2D eigenvalue weighted by Crippen LogP contribution is 2.35. The molecule has 0 aliphatic carbocycles. The number of anilines is 2. The maximum Gasteiger partial charge on any atom is 0.419 e. The number of aromatic nitrogens is 3. The average molecular weight is 524 g/mol. The van der Waals surface area contributed by atoms with Crippen LogP contribution in [0.1, 0.15) is 35.8 Å². The first-order chi connectivity index (χ1) is 17.2. The van der Waals surface area contributed by atoms with E-state index in [-0.39, 0.29) is 34.0 Å². The van der Waals surface area contributed by atoms with Crippen LogP contribution in [0.5, 0.6) is 0 Å². The first-order valence-corrected chi connectivity index (χ1v) is 11.9. The van der Waals surface area contributed by atoms with Crippen LogP contribution in [-0.2, 0) is 15.7 Å². The van der Waals surface area contributed by atoms with E-state index in [1.807, 2.05) is 4.90 Å². The van der Waals surface area contributed by atoms with Crippen LogP contribution >= 0.6 is 11.3 Å². The van der Waals surface area contributed by atoms with Crippen molar-refractivity contribution < 1.29 is 31.9 Å². The van der Waals surface area contributed by atoms with Crippen LogP contribution in [0.25, 0.3) is 11.3 Å². The largest absolute Gasteiger partial charge is 0.466 e. The molecule has 13 heteroatoms. The molecule has 190 valence electrons. The molecule has 4 rings (SSSR count). The van der Waals surface area contributed by atoms with E-state index in [9.17, 15) is 27.2 Å². The lowest BCUT2D eigenvalue weighted by Crippen LogP contribution is -2.37. The number of piperidine rings is 1. The van der Waals surface area contributed by atoms with Crippen LogP contribution in [0.3, 0.4) is 0 Å². The molecule has 0 saturated carbocycles. The van der Waals surface area contributed by atoms with Gasteiger partial charge in [-0.1, -0.05) is 0 Å². The molecule has 3 heterocycles. The number of amides is 1. The number of rotatable bonds is 6. The molecule has 1 fully saturated rings. The summed E-state index contributed by atoms with van der Waals surface area (Å²) in [5.74, 6) is -1.73. The first-order valence-electron chi connectivity index (χ1n) is 11.0. The lowest BCUT2D eigenvalue weighted by atomic mass is 9.97. The molecule has 1 amide bonds. The lowest BCUT2D eigenvalue weighted by Gasteiger charge is -2.31. The fourth-order valence-corrected chi connectivity index (χ4v) is 4.45. The van der Waals surface area contributed by atoms with Gasteiger partial charge < -0.3 is 9.64 Å². The molecule has 0 radical (unpaired) electrons. The highest BCUT2D eigenvalue weighted by Gasteiger charge is 2.34. The Morgan fingerprint density at radius 2 is 1.94 bits per heavy atom. The van der Waals surface area contributed by atoms with Crippen LogP contribution in [0.4, 0.5) is 28.5 Å². The zero-order chi connectivity index (χ0) is 25.9. The molecule has 0 atom stereocenters. The maximum absolute atomic E-state index is 13.5. The third-order valence-corrected chi connectivity index (χ3v) is 6.36. The molecule has 1 aliphatic rings. The minimum atomic E-state index is -4.84. The second kappa shape index (κ2) is 10.6. The number of esters is 1. The standard InChI is InChI=1S/C23H21F4N5O3S/c1-2-35-21(34)13-5-7-32(8-6-13)19-11-28-17(10-29-19)20(33)31-22-30-18(12-36-22)14-3-4-16(24)15(9-14)23(25,26)27/h3-4,9-13H,2,5-8H2,1H3,(H,30,31,33). The first kappa shape index (κ1) is 25.5. The molecule has 0 spiro atoms. The SMILES string of the molecule is CCOC(=O)C1CCN(c2cnc(C(=O)Nc3nc(-c4ccc(F)c(C(F)(F)F)c4)cs3)cn2)CC1. The Morgan fingerprint density at radius 1 is 1.19 bits per heavy atom. The van der Waals surface area contributed by atoms with E-state index in [1.54, 1.807) is 6.92 Å². The number of hydrogen-bond acceptors (Lipinski definition) is 8. The molecule has 2 aromatic heterocycles. The van der Waals surface area contributed by atoms with E-state index in [0.717, 1.165) is 17.4 Å². The van der Waals surface area contributed by atoms with Crippen molar-refractivity contribution in [2.24, 2.45) is 5.92 Å². The summed E-state index contributed by atoms with van der Waals surface area (Å²) in [6.07, 6.45) is -0.799. The van der Waals surface area contributed by atoms with E-state index in [1.165, 1.54) is 23.8 Å². The van der Waals surface area contributed by atoms with Gasteiger partial charge in [0.25, 0.3) is 5.91 Å². The zero-order valence-electron chi connectivity index (χ0n) is 19.0. The second-order valence-corrected chi connectivity index (χ2v) is 8.82. The van der Waals surface area contributed by atoms with Crippen molar-refractivity contribution in [2.45, 2.75) is 25.9 Å². The van der Waals surface area contributed by atoms with Gasteiger partial charge in [0, 0.05) is 24.0 Å².